The minimum atomic E-state index is -0.458. The lowest BCUT2D eigenvalue weighted by Crippen LogP contribution is -2.29. The molecule has 1 N–H and O–H groups in total. The lowest BCUT2D eigenvalue weighted by atomic mass is 10.2. The number of amides is 1. The Morgan fingerprint density at radius 2 is 2.04 bits per heavy atom. The Kier molecular flexibility index (Phi) is 4.12. The van der Waals surface area contributed by atoms with Crippen molar-refractivity contribution in [2.45, 2.75) is 13.0 Å². The van der Waals surface area contributed by atoms with E-state index in [4.69, 9.17) is 0 Å². The molecule has 2 aromatic carbocycles. The molecule has 0 bridgehead atoms. The maximum atomic E-state index is 12.9. The molecule has 136 valence electrons. The highest BCUT2D eigenvalue weighted by atomic mass is 32.1. The molecule has 0 fully saturated rings. The van der Waals surface area contributed by atoms with Crippen molar-refractivity contribution in [1.29, 1.82) is 0 Å². The van der Waals surface area contributed by atoms with E-state index in [9.17, 15) is 14.9 Å². The second-order valence-electron chi connectivity index (χ2n) is 6.29. The second kappa shape index (κ2) is 6.48. The van der Waals surface area contributed by atoms with Crippen molar-refractivity contribution in [3.63, 3.8) is 0 Å². The number of nitro benzene ring substituents is 1. The first-order chi connectivity index (χ1) is 13.0. The zero-order valence-corrected chi connectivity index (χ0v) is 15.5. The lowest BCUT2D eigenvalue weighted by molar-refractivity contribution is -0.383. The van der Waals surface area contributed by atoms with Crippen LogP contribution in [0.2, 0.25) is 0 Å². The number of nitrogens with one attached hydrogen (secondary N) is 1. The van der Waals surface area contributed by atoms with Gasteiger partial charge in [-0.25, -0.2) is 4.98 Å². The molecule has 7 nitrogen and oxygen atoms in total. The SMILES string of the molecule is C[C@H](c1nc2ccccc2s1)N(C)C(=O)c1cc2cccc([N+](=O)[O-])c2[nH]1. The second-order valence-corrected chi connectivity index (χ2v) is 7.36. The van der Waals surface area contributed by atoms with E-state index in [1.165, 1.54) is 6.07 Å². The van der Waals surface area contributed by atoms with Gasteiger partial charge >= 0.3 is 0 Å². The van der Waals surface area contributed by atoms with Crippen molar-refractivity contribution in [1.82, 2.24) is 14.9 Å². The van der Waals surface area contributed by atoms with Gasteiger partial charge in [0.15, 0.2) is 0 Å². The van der Waals surface area contributed by atoms with E-state index in [2.05, 4.69) is 9.97 Å². The molecule has 4 aromatic rings. The minimum absolute atomic E-state index is 0.0478. The summed E-state index contributed by atoms with van der Waals surface area (Å²) in [5, 5.41) is 12.7. The number of para-hydroxylation sites is 2. The summed E-state index contributed by atoms with van der Waals surface area (Å²) in [4.78, 5) is 32.8. The van der Waals surface area contributed by atoms with Gasteiger partial charge in [0.05, 0.1) is 21.2 Å². The van der Waals surface area contributed by atoms with Gasteiger partial charge in [0.2, 0.25) is 0 Å². The van der Waals surface area contributed by atoms with E-state index in [1.807, 2.05) is 31.2 Å². The van der Waals surface area contributed by atoms with E-state index < -0.39 is 4.92 Å². The molecule has 27 heavy (non-hydrogen) atoms. The predicted octanol–water partition coefficient (Wildman–Crippen LogP) is 4.52. The fourth-order valence-corrected chi connectivity index (χ4v) is 4.07. The Hall–Kier alpha value is -3.26. The summed E-state index contributed by atoms with van der Waals surface area (Å²) < 4.78 is 1.07. The van der Waals surface area contributed by atoms with Crippen LogP contribution >= 0.6 is 11.3 Å². The van der Waals surface area contributed by atoms with Crippen LogP contribution in [0, 0.1) is 10.1 Å². The van der Waals surface area contributed by atoms with Gasteiger partial charge in [-0.2, -0.15) is 0 Å². The first kappa shape index (κ1) is 17.2. The van der Waals surface area contributed by atoms with Crippen LogP contribution in [0.1, 0.15) is 28.5 Å². The zero-order chi connectivity index (χ0) is 19.1. The number of H-pyrrole nitrogens is 1. The number of nitrogens with zero attached hydrogens (tertiary/aromatic N) is 3. The first-order valence-electron chi connectivity index (χ1n) is 8.34. The van der Waals surface area contributed by atoms with Crippen molar-refractivity contribution in [3.8, 4) is 0 Å². The molecule has 0 radical (unpaired) electrons. The number of non-ortho nitro benzene ring substituents is 1. The van der Waals surface area contributed by atoms with Gasteiger partial charge in [0, 0.05) is 18.5 Å². The highest BCUT2D eigenvalue weighted by Crippen LogP contribution is 2.30. The van der Waals surface area contributed by atoms with Gasteiger partial charge in [0.25, 0.3) is 11.6 Å². The summed E-state index contributed by atoms with van der Waals surface area (Å²) in [7, 11) is 1.71. The molecular weight excluding hydrogens is 364 g/mol. The number of rotatable bonds is 4. The summed E-state index contributed by atoms with van der Waals surface area (Å²) in [5.41, 5.74) is 1.53. The average molecular weight is 380 g/mol. The molecule has 1 amide bonds. The number of fused-ring (bicyclic) bond motifs is 2. The highest BCUT2D eigenvalue weighted by Gasteiger charge is 2.24. The number of hydrogen-bond donors (Lipinski definition) is 1. The largest absolute Gasteiger partial charge is 0.345 e. The van der Waals surface area contributed by atoms with Crippen molar-refractivity contribution in [2.24, 2.45) is 0 Å². The van der Waals surface area contributed by atoms with Gasteiger partial charge in [-0.15, -0.1) is 11.3 Å². The Morgan fingerprint density at radius 3 is 2.78 bits per heavy atom. The number of benzene rings is 2. The number of hydrogen-bond acceptors (Lipinski definition) is 5. The zero-order valence-electron chi connectivity index (χ0n) is 14.7. The van der Waals surface area contributed by atoms with Crippen molar-refractivity contribution in [2.75, 3.05) is 7.05 Å². The van der Waals surface area contributed by atoms with Crippen molar-refractivity contribution >= 4 is 44.1 Å². The van der Waals surface area contributed by atoms with Gasteiger partial charge in [0.1, 0.15) is 16.2 Å². The van der Waals surface area contributed by atoms with Crippen molar-refractivity contribution < 1.29 is 9.72 Å². The molecule has 1 atom stereocenters. The molecule has 0 aliphatic heterocycles. The third-order valence-electron chi connectivity index (χ3n) is 4.63. The average Bonchev–Trinajstić information content (AvgIpc) is 3.29. The lowest BCUT2D eigenvalue weighted by Gasteiger charge is -2.22. The molecule has 0 saturated carbocycles. The predicted molar refractivity (Wildman–Crippen MR) is 105 cm³/mol. The van der Waals surface area contributed by atoms with E-state index in [1.54, 1.807) is 41.5 Å². The van der Waals surface area contributed by atoms with Crippen LogP contribution in [-0.4, -0.2) is 32.7 Å². The van der Waals surface area contributed by atoms with Gasteiger partial charge in [-0.3, -0.25) is 14.9 Å². The van der Waals surface area contributed by atoms with Crippen LogP contribution in [0.25, 0.3) is 21.1 Å². The summed E-state index contributed by atoms with van der Waals surface area (Å²) in [6.45, 7) is 1.92. The molecule has 0 aliphatic carbocycles. The third kappa shape index (κ3) is 2.93. The summed E-state index contributed by atoms with van der Waals surface area (Å²) >= 11 is 1.55. The van der Waals surface area contributed by atoms with Gasteiger partial charge in [-0.1, -0.05) is 24.3 Å². The Balaban J connectivity index is 1.66. The Bertz CT molecular complexity index is 1150. The maximum absolute atomic E-state index is 12.9. The number of thiazole rings is 1. The first-order valence-corrected chi connectivity index (χ1v) is 9.16. The van der Waals surface area contributed by atoms with Crippen LogP contribution in [0.4, 0.5) is 5.69 Å². The smallest absolute Gasteiger partial charge is 0.293 e. The molecule has 0 saturated heterocycles. The molecule has 0 spiro atoms. The van der Waals surface area contributed by atoms with E-state index in [0.29, 0.717) is 16.6 Å². The quantitative estimate of drug-likeness (QED) is 0.416. The fourth-order valence-electron chi connectivity index (χ4n) is 3.01. The normalized spacial score (nSPS) is 12.4. The van der Waals surface area contributed by atoms with Crippen LogP contribution in [0.3, 0.4) is 0 Å². The Labute approximate surface area is 158 Å². The molecule has 2 heterocycles. The van der Waals surface area contributed by atoms with Crippen LogP contribution < -0.4 is 0 Å². The van der Waals surface area contributed by atoms with Crippen LogP contribution in [-0.2, 0) is 0 Å². The molecule has 4 rings (SSSR count). The summed E-state index contributed by atoms with van der Waals surface area (Å²) in [5.74, 6) is -0.243. The minimum Gasteiger partial charge on any atom is -0.345 e. The monoisotopic (exact) mass is 380 g/mol. The van der Waals surface area contributed by atoms with Crippen LogP contribution in [0.5, 0.6) is 0 Å². The molecule has 8 heteroatoms. The summed E-state index contributed by atoms with van der Waals surface area (Å²) in [6, 6.07) is 14.0. The topological polar surface area (TPSA) is 92.1 Å². The van der Waals surface area contributed by atoms with E-state index in [0.717, 1.165) is 15.2 Å². The van der Waals surface area contributed by atoms with Crippen LogP contribution in [0.15, 0.2) is 48.5 Å². The number of nitro groups is 1. The molecule has 0 aliphatic rings. The fraction of sp³-hybridized carbons (Fsp3) is 0.158. The molecule has 0 unspecified atom stereocenters. The number of carbonyl (C=O) groups excluding carboxylic acids is 1. The molecular formula is C19H16N4O3S. The van der Waals surface area contributed by atoms with E-state index >= 15 is 0 Å². The number of carbonyl (C=O) groups is 1. The highest BCUT2D eigenvalue weighted by molar-refractivity contribution is 7.18. The van der Waals surface area contributed by atoms with Gasteiger partial charge in [-0.05, 0) is 25.1 Å². The van der Waals surface area contributed by atoms with Gasteiger partial charge < -0.3 is 9.88 Å². The van der Waals surface area contributed by atoms with E-state index in [-0.39, 0.29) is 17.6 Å². The number of aromatic nitrogens is 2. The summed E-state index contributed by atoms with van der Waals surface area (Å²) in [6.07, 6.45) is 0. The standard InChI is InChI=1S/C19H16N4O3S/c1-11(18-21-13-7-3-4-9-16(13)27-18)22(2)19(24)14-10-12-6-5-8-15(23(25)26)17(12)20-14/h3-11,20H,1-2H3/t11-/m1/s1. The number of aromatic amines is 1. The third-order valence-corrected chi connectivity index (χ3v) is 5.84. The Morgan fingerprint density at radius 1 is 1.26 bits per heavy atom. The maximum Gasteiger partial charge on any atom is 0.293 e. The van der Waals surface area contributed by atoms with Crippen molar-refractivity contribution in [3.05, 3.63) is 69.3 Å². The molecule has 2 aromatic heterocycles.